The van der Waals surface area contributed by atoms with E-state index < -0.39 is 6.09 Å². The minimum atomic E-state index is -0.732. The zero-order chi connectivity index (χ0) is 17.2. The number of rotatable bonds is 5. The van der Waals surface area contributed by atoms with Crippen LogP contribution in [-0.2, 0) is 11.2 Å². The number of nitrogens with zero attached hydrogens (tertiary/aromatic N) is 2. The highest BCUT2D eigenvalue weighted by Crippen LogP contribution is 2.45. The van der Waals surface area contributed by atoms with Gasteiger partial charge in [-0.05, 0) is 35.1 Å². The number of aryl methyl sites for hydroxylation is 1. The summed E-state index contributed by atoms with van der Waals surface area (Å²) in [6, 6.07) is 17.2. The second-order valence-corrected chi connectivity index (χ2v) is 6.16. The van der Waals surface area contributed by atoms with Crippen molar-refractivity contribution in [3.8, 4) is 11.1 Å². The van der Waals surface area contributed by atoms with Gasteiger partial charge in [0.1, 0.15) is 0 Å². The molecule has 0 atom stereocenters. The summed E-state index contributed by atoms with van der Waals surface area (Å²) in [5.41, 5.74) is 11.1. The number of imidazole rings is 1. The van der Waals surface area contributed by atoms with Gasteiger partial charge in [-0.3, -0.25) is 0 Å². The Labute approximate surface area is 146 Å². The summed E-state index contributed by atoms with van der Waals surface area (Å²) in [4.78, 5) is 15.1. The number of carbonyl (C=O) groups excluding carboxylic acids is 1. The molecule has 3 aromatic rings. The van der Waals surface area contributed by atoms with Crippen molar-refractivity contribution in [2.45, 2.75) is 18.9 Å². The molecule has 0 aliphatic heterocycles. The quantitative estimate of drug-likeness (QED) is 0.568. The maximum atomic E-state index is 10.6. The van der Waals surface area contributed by atoms with Gasteiger partial charge in [-0.25, -0.2) is 9.78 Å². The summed E-state index contributed by atoms with van der Waals surface area (Å²) in [5, 5.41) is 0. The van der Waals surface area contributed by atoms with Gasteiger partial charge in [-0.2, -0.15) is 0 Å². The first-order valence-electron chi connectivity index (χ1n) is 8.37. The molecule has 1 aliphatic rings. The van der Waals surface area contributed by atoms with Crippen molar-refractivity contribution in [1.29, 1.82) is 0 Å². The molecule has 2 aromatic carbocycles. The molecule has 0 saturated carbocycles. The molecule has 0 bridgehead atoms. The largest absolute Gasteiger partial charge is 0.450 e. The van der Waals surface area contributed by atoms with Gasteiger partial charge in [0, 0.05) is 6.20 Å². The molecule has 1 amide bonds. The fourth-order valence-electron chi connectivity index (χ4n) is 3.53. The fourth-order valence-corrected chi connectivity index (χ4v) is 3.53. The lowest BCUT2D eigenvalue weighted by atomic mass is 10.1. The number of fused-ring (bicyclic) bond motifs is 3. The van der Waals surface area contributed by atoms with Crippen LogP contribution < -0.4 is 5.73 Å². The first-order chi connectivity index (χ1) is 12.2. The highest BCUT2D eigenvalue weighted by atomic mass is 16.5. The Hall–Kier alpha value is -3.08. The number of hydrogen-bond acceptors (Lipinski definition) is 3. The highest BCUT2D eigenvalue weighted by Gasteiger charge is 2.29. The molecule has 1 aliphatic carbocycles. The molecule has 5 heteroatoms. The van der Waals surface area contributed by atoms with Gasteiger partial charge in [0.05, 0.1) is 24.7 Å². The van der Waals surface area contributed by atoms with E-state index in [9.17, 15) is 4.79 Å². The third-order valence-electron chi connectivity index (χ3n) is 4.58. The molecular weight excluding hydrogens is 314 g/mol. The number of hydrogen-bond donors (Lipinski definition) is 1. The Balaban J connectivity index is 1.59. The summed E-state index contributed by atoms with van der Waals surface area (Å²) < 4.78 is 6.93. The topological polar surface area (TPSA) is 70.1 Å². The predicted molar refractivity (Wildman–Crippen MR) is 95.2 cm³/mol. The molecule has 5 nitrogen and oxygen atoms in total. The van der Waals surface area contributed by atoms with E-state index in [4.69, 9.17) is 10.5 Å². The highest BCUT2D eigenvalue weighted by molar-refractivity contribution is 5.78. The summed E-state index contributed by atoms with van der Waals surface area (Å²) in [7, 11) is 0. The molecule has 0 saturated heterocycles. The van der Waals surface area contributed by atoms with Crippen LogP contribution in [-0.4, -0.2) is 22.3 Å². The third kappa shape index (κ3) is 2.89. The Morgan fingerprint density at radius 3 is 2.36 bits per heavy atom. The van der Waals surface area contributed by atoms with Crippen molar-refractivity contribution in [2.24, 2.45) is 5.73 Å². The monoisotopic (exact) mass is 333 g/mol. The Bertz CT molecular complexity index is 871. The van der Waals surface area contributed by atoms with Gasteiger partial charge >= 0.3 is 6.09 Å². The zero-order valence-corrected chi connectivity index (χ0v) is 13.8. The van der Waals surface area contributed by atoms with Crippen molar-refractivity contribution >= 4 is 6.09 Å². The number of primary amides is 1. The molecule has 0 unspecified atom stereocenters. The van der Waals surface area contributed by atoms with Gasteiger partial charge in [-0.15, -0.1) is 0 Å². The second-order valence-electron chi connectivity index (χ2n) is 6.16. The Kier molecular flexibility index (Phi) is 3.98. The average Bonchev–Trinajstić information content (AvgIpc) is 3.20. The van der Waals surface area contributed by atoms with Crippen molar-refractivity contribution in [2.75, 3.05) is 6.61 Å². The minimum Gasteiger partial charge on any atom is -0.450 e. The first kappa shape index (κ1) is 15.4. The van der Waals surface area contributed by atoms with Crippen LogP contribution in [0, 0.1) is 0 Å². The minimum absolute atomic E-state index is 0.149. The summed E-state index contributed by atoms with van der Waals surface area (Å²) in [6.45, 7) is 0.317. The second kappa shape index (κ2) is 6.43. The van der Waals surface area contributed by atoms with Crippen LogP contribution in [0.2, 0.25) is 0 Å². The van der Waals surface area contributed by atoms with Crippen LogP contribution in [0.15, 0.2) is 61.1 Å². The van der Waals surface area contributed by atoms with E-state index in [1.807, 2.05) is 6.33 Å². The van der Waals surface area contributed by atoms with Crippen LogP contribution in [0.1, 0.15) is 29.3 Å². The lowest BCUT2D eigenvalue weighted by Gasteiger charge is -2.15. The molecule has 0 radical (unpaired) electrons. The van der Waals surface area contributed by atoms with E-state index in [1.54, 1.807) is 0 Å². The van der Waals surface area contributed by atoms with E-state index >= 15 is 0 Å². The number of aromatic nitrogens is 2. The third-order valence-corrected chi connectivity index (χ3v) is 4.58. The smallest absolute Gasteiger partial charge is 0.404 e. The maximum Gasteiger partial charge on any atom is 0.404 e. The molecule has 0 spiro atoms. The predicted octanol–water partition coefficient (Wildman–Crippen LogP) is 3.53. The van der Waals surface area contributed by atoms with Gasteiger partial charge in [0.15, 0.2) is 0 Å². The summed E-state index contributed by atoms with van der Waals surface area (Å²) in [5.74, 6) is 0. The van der Waals surface area contributed by atoms with E-state index in [0.717, 1.165) is 12.1 Å². The molecule has 126 valence electrons. The molecular formula is C20H19N3O2. The van der Waals surface area contributed by atoms with Crippen LogP contribution in [0.25, 0.3) is 11.1 Å². The Morgan fingerprint density at radius 1 is 1.08 bits per heavy atom. The van der Waals surface area contributed by atoms with Crippen LogP contribution >= 0.6 is 0 Å². The van der Waals surface area contributed by atoms with E-state index in [-0.39, 0.29) is 6.04 Å². The lowest BCUT2D eigenvalue weighted by Crippen LogP contribution is -2.14. The summed E-state index contributed by atoms with van der Waals surface area (Å²) >= 11 is 0. The van der Waals surface area contributed by atoms with Crippen molar-refractivity contribution < 1.29 is 9.53 Å². The molecule has 1 heterocycles. The van der Waals surface area contributed by atoms with E-state index in [1.165, 1.54) is 22.3 Å². The van der Waals surface area contributed by atoms with Gasteiger partial charge in [0.2, 0.25) is 0 Å². The standard InChI is InChI=1S/C20H19N3O2/c21-20(24)25-11-5-6-14-12-23(13-22-14)19-17-9-3-1-7-15(17)16-8-2-4-10-18(16)19/h1-4,7-10,12-13,19H,5-6,11H2,(H2,21,24). The van der Waals surface area contributed by atoms with Crippen LogP contribution in [0.3, 0.4) is 0 Å². The molecule has 25 heavy (non-hydrogen) atoms. The summed E-state index contributed by atoms with van der Waals surface area (Å²) in [6.07, 6.45) is 4.68. The number of nitrogens with two attached hydrogens (primary N) is 1. The van der Waals surface area contributed by atoms with E-state index in [0.29, 0.717) is 13.0 Å². The molecule has 2 N–H and O–H groups in total. The molecule has 1 aromatic heterocycles. The van der Waals surface area contributed by atoms with Gasteiger partial charge < -0.3 is 15.0 Å². The number of amides is 1. The number of benzene rings is 2. The van der Waals surface area contributed by atoms with Gasteiger partial charge in [0.25, 0.3) is 0 Å². The van der Waals surface area contributed by atoms with E-state index in [2.05, 4.69) is 64.3 Å². The average molecular weight is 333 g/mol. The lowest BCUT2D eigenvalue weighted by molar-refractivity contribution is 0.155. The normalized spacial score (nSPS) is 12.6. The van der Waals surface area contributed by atoms with Gasteiger partial charge in [-0.1, -0.05) is 48.5 Å². The van der Waals surface area contributed by atoms with Crippen molar-refractivity contribution in [1.82, 2.24) is 9.55 Å². The van der Waals surface area contributed by atoms with Crippen molar-refractivity contribution in [3.05, 3.63) is 77.9 Å². The first-order valence-corrected chi connectivity index (χ1v) is 8.37. The van der Waals surface area contributed by atoms with Crippen LogP contribution in [0.4, 0.5) is 4.79 Å². The molecule has 4 rings (SSSR count). The SMILES string of the molecule is NC(=O)OCCCc1cn(C2c3ccccc3-c3ccccc32)cn1. The van der Waals surface area contributed by atoms with Crippen molar-refractivity contribution in [3.63, 3.8) is 0 Å². The number of carbonyl (C=O) groups is 1. The number of ether oxygens (including phenoxy) is 1. The maximum absolute atomic E-state index is 10.6. The molecule has 0 fully saturated rings. The van der Waals surface area contributed by atoms with Crippen LogP contribution in [0.5, 0.6) is 0 Å². The fraction of sp³-hybridized carbons (Fsp3) is 0.200. The Morgan fingerprint density at radius 2 is 1.72 bits per heavy atom. The zero-order valence-electron chi connectivity index (χ0n) is 13.8.